The number of anilines is 1. The summed E-state index contributed by atoms with van der Waals surface area (Å²) in [7, 11) is 0. The van der Waals surface area contributed by atoms with Gasteiger partial charge in [-0.2, -0.15) is 0 Å². The molecule has 16 heavy (non-hydrogen) atoms. The van der Waals surface area contributed by atoms with Crippen LogP contribution in [0.4, 0.5) is 5.69 Å². The average Bonchev–Trinajstić information content (AvgIpc) is 2.15. The minimum absolute atomic E-state index is 0.152. The van der Waals surface area contributed by atoms with Crippen LogP contribution in [0.3, 0.4) is 0 Å². The van der Waals surface area contributed by atoms with Gasteiger partial charge in [-0.15, -0.1) is 0 Å². The van der Waals surface area contributed by atoms with Crippen LogP contribution in [-0.4, -0.2) is 15.9 Å². The Morgan fingerprint density at radius 3 is 2.88 bits per heavy atom. The van der Waals surface area contributed by atoms with E-state index in [2.05, 4.69) is 15.3 Å². The molecule has 1 aromatic heterocycles. The molecular formula is C11H11N3O2. The van der Waals surface area contributed by atoms with Crippen molar-refractivity contribution in [3.8, 4) is 0 Å². The van der Waals surface area contributed by atoms with Gasteiger partial charge in [-0.25, -0.2) is 4.98 Å². The number of carbonyl (C=O) groups is 1. The number of hydrogen-bond donors (Lipinski definition) is 2. The standard InChI is InChI=1S/C11H11N3O2/c1-6-12-10-5-8(14-7(2)15)3-4-9(10)11(16)13-6/h3-5H,1-2H3,(H,14,15)(H,12,13,16). The second-order valence-corrected chi connectivity index (χ2v) is 3.56. The third kappa shape index (κ3) is 1.93. The molecule has 0 atom stereocenters. The predicted octanol–water partition coefficient (Wildman–Crippen LogP) is 1.19. The number of fused-ring (bicyclic) bond motifs is 1. The lowest BCUT2D eigenvalue weighted by molar-refractivity contribution is -0.114. The summed E-state index contributed by atoms with van der Waals surface area (Å²) in [6.07, 6.45) is 0. The maximum atomic E-state index is 11.6. The van der Waals surface area contributed by atoms with Crippen LogP contribution in [0.1, 0.15) is 12.7 Å². The quantitative estimate of drug-likeness (QED) is 0.753. The number of nitrogens with one attached hydrogen (secondary N) is 2. The van der Waals surface area contributed by atoms with Crippen molar-refractivity contribution in [1.29, 1.82) is 0 Å². The molecule has 0 fully saturated rings. The van der Waals surface area contributed by atoms with Gasteiger partial charge in [0.2, 0.25) is 5.91 Å². The average molecular weight is 217 g/mol. The van der Waals surface area contributed by atoms with Gasteiger partial charge in [0.15, 0.2) is 0 Å². The fourth-order valence-electron chi connectivity index (χ4n) is 1.54. The van der Waals surface area contributed by atoms with Crippen LogP contribution in [0.2, 0.25) is 0 Å². The maximum absolute atomic E-state index is 11.6. The van der Waals surface area contributed by atoms with Crippen molar-refractivity contribution in [2.24, 2.45) is 0 Å². The summed E-state index contributed by atoms with van der Waals surface area (Å²) >= 11 is 0. The van der Waals surface area contributed by atoms with Gasteiger partial charge < -0.3 is 10.3 Å². The zero-order valence-corrected chi connectivity index (χ0v) is 9.00. The lowest BCUT2D eigenvalue weighted by Gasteiger charge is -2.03. The lowest BCUT2D eigenvalue weighted by Crippen LogP contribution is -2.10. The predicted molar refractivity (Wildman–Crippen MR) is 61.4 cm³/mol. The van der Waals surface area contributed by atoms with E-state index in [1.54, 1.807) is 25.1 Å². The van der Waals surface area contributed by atoms with E-state index in [4.69, 9.17) is 0 Å². The number of amides is 1. The van der Waals surface area contributed by atoms with Crippen molar-refractivity contribution in [3.63, 3.8) is 0 Å². The third-order valence-corrected chi connectivity index (χ3v) is 2.15. The number of rotatable bonds is 1. The van der Waals surface area contributed by atoms with Crippen molar-refractivity contribution in [2.45, 2.75) is 13.8 Å². The van der Waals surface area contributed by atoms with E-state index in [0.717, 1.165) is 0 Å². The molecule has 0 aliphatic rings. The van der Waals surface area contributed by atoms with Gasteiger partial charge in [0.05, 0.1) is 10.9 Å². The first kappa shape index (κ1) is 10.4. The molecular weight excluding hydrogens is 206 g/mol. The maximum Gasteiger partial charge on any atom is 0.258 e. The molecule has 1 heterocycles. The molecule has 82 valence electrons. The number of aromatic amines is 1. The van der Waals surface area contributed by atoms with Gasteiger partial charge in [-0.3, -0.25) is 9.59 Å². The van der Waals surface area contributed by atoms with E-state index in [1.807, 2.05) is 0 Å². The van der Waals surface area contributed by atoms with E-state index in [1.165, 1.54) is 6.92 Å². The molecule has 0 saturated heterocycles. The molecule has 1 amide bonds. The fraction of sp³-hybridized carbons (Fsp3) is 0.182. The first-order chi connectivity index (χ1) is 7.56. The minimum Gasteiger partial charge on any atom is -0.326 e. The first-order valence-corrected chi connectivity index (χ1v) is 4.84. The number of carbonyl (C=O) groups excluding carboxylic acids is 1. The topological polar surface area (TPSA) is 74.8 Å². The highest BCUT2D eigenvalue weighted by Gasteiger charge is 2.03. The van der Waals surface area contributed by atoms with Crippen LogP contribution in [0, 0.1) is 6.92 Å². The number of hydrogen-bond acceptors (Lipinski definition) is 3. The largest absolute Gasteiger partial charge is 0.326 e. The smallest absolute Gasteiger partial charge is 0.258 e. The molecule has 2 rings (SSSR count). The van der Waals surface area contributed by atoms with Gasteiger partial charge >= 0.3 is 0 Å². The molecule has 0 spiro atoms. The minimum atomic E-state index is -0.170. The molecule has 2 aromatic rings. The van der Waals surface area contributed by atoms with Crippen molar-refractivity contribution in [1.82, 2.24) is 9.97 Å². The normalized spacial score (nSPS) is 10.4. The molecule has 0 radical (unpaired) electrons. The Balaban J connectivity index is 2.61. The Kier molecular flexibility index (Phi) is 2.44. The highest BCUT2D eigenvalue weighted by atomic mass is 16.1. The summed E-state index contributed by atoms with van der Waals surface area (Å²) in [6.45, 7) is 3.15. The number of aryl methyl sites for hydroxylation is 1. The van der Waals surface area contributed by atoms with Crippen LogP contribution < -0.4 is 10.9 Å². The van der Waals surface area contributed by atoms with Crippen molar-refractivity contribution in [2.75, 3.05) is 5.32 Å². The molecule has 5 heteroatoms. The second-order valence-electron chi connectivity index (χ2n) is 3.56. The monoisotopic (exact) mass is 217 g/mol. The Hall–Kier alpha value is -2.17. The molecule has 0 saturated carbocycles. The number of aromatic nitrogens is 2. The van der Waals surface area contributed by atoms with Gasteiger partial charge in [-0.05, 0) is 25.1 Å². The van der Waals surface area contributed by atoms with E-state index in [0.29, 0.717) is 22.4 Å². The summed E-state index contributed by atoms with van der Waals surface area (Å²) < 4.78 is 0. The van der Waals surface area contributed by atoms with E-state index < -0.39 is 0 Å². The van der Waals surface area contributed by atoms with E-state index in [-0.39, 0.29) is 11.5 Å². The summed E-state index contributed by atoms with van der Waals surface area (Å²) in [5.41, 5.74) is 1.04. The molecule has 0 aliphatic heterocycles. The van der Waals surface area contributed by atoms with Crippen molar-refractivity contribution < 1.29 is 4.79 Å². The van der Waals surface area contributed by atoms with Gasteiger partial charge in [0.25, 0.3) is 5.56 Å². The summed E-state index contributed by atoms with van der Waals surface area (Å²) in [4.78, 5) is 29.3. The van der Waals surface area contributed by atoms with Crippen LogP contribution >= 0.6 is 0 Å². The Morgan fingerprint density at radius 2 is 2.19 bits per heavy atom. The van der Waals surface area contributed by atoms with E-state index >= 15 is 0 Å². The molecule has 5 nitrogen and oxygen atoms in total. The third-order valence-electron chi connectivity index (χ3n) is 2.15. The Labute approximate surface area is 91.5 Å². The SMILES string of the molecule is CC(=O)Nc1ccc2c(=O)[nH]c(C)nc2c1. The molecule has 0 aliphatic carbocycles. The highest BCUT2D eigenvalue weighted by Crippen LogP contribution is 2.14. The van der Waals surface area contributed by atoms with Crippen molar-refractivity contribution in [3.05, 3.63) is 34.4 Å². The first-order valence-electron chi connectivity index (χ1n) is 4.84. The molecule has 2 N–H and O–H groups in total. The van der Waals surface area contributed by atoms with Crippen LogP contribution in [0.25, 0.3) is 10.9 Å². The van der Waals surface area contributed by atoms with Gasteiger partial charge in [-0.1, -0.05) is 0 Å². The Morgan fingerprint density at radius 1 is 1.44 bits per heavy atom. The zero-order valence-electron chi connectivity index (χ0n) is 9.00. The summed E-state index contributed by atoms with van der Waals surface area (Å²) in [5, 5.41) is 3.16. The Bertz CT molecular complexity index is 616. The molecule has 1 aromatic carbocycles. The number of H-pyrrole nitrogens is 1. The highest BCUT2D eigenvalue weighted by molar-refractivity contribution is 5.91. The van der Waals surface area contributed by atoms with Crippen LogP contribution in [-0.2, 0) is 4.79 Å². The van der Waals surface area contributed by atoms with Gasteiger partial charge in [0.1, 0.15) is 5.82 Å². The molecule has 0 bridgehead atoms. The van der Waals surface area contributed by atoms with Gasteiger partial charge in [0, 0.05) is 12.6 Å². The zero-order chi connectivity index (χ0) is 11.7. The lowest BCUT2D eigenvalue weighted by atomic mass is 10.2. The van der Waals surface area contributed by atoms with Crippen molar-refractivity contribution >= 4 is 22.5 Å². The van der Waals surface area contributed by atoms with E-state index in [9.17, 15) is 9.59 Å². The number of nitrogens with zero attached hydrogens (tertiary/aromatic N) is 1. The van der Waals surface area contributed by atoms with Crippen LogP contribution in [0.5, 0.6) is 0 Å². The van der Waals surface area contributed by atoms with Crippen LogP contribution in [0.15, 0.2) is 23.0 Å². The number of benzene rings is 1. The second kappa shape index (κ2) is 3.77. The fourth-order valence-corrected chi connectivity index (χ4v) is 1.54. The summed E-state index contributed by atoms with van der Waals surface area (Å²) in [6, 6.07) is 5.00. The molecule has 0 unspecified atom stereocenters. The summed E-state index contributed by atoms with van der Waals surface area (Å²) in [5.74, 6) is 0.401.